The van der Waals surface area contributed by atoms with Gasteiger partial charge in [-0.05, 0) is 24.3 Å². The number of nitrogens with two attached hydrogens (primary N) is 1. The number of amidine groups is 1. The first-order chi connectivity index (χ1) is 9.58. The van der Waals surface area contributed by atoms with Crippen LogP contribution in [-0.2, 0) is 0 Å². The highest BCUT2D eigenvalue weighted by Gasteiger charge is 2.04. The highest BCUT2D eigenvalue weighted by molar-refractivity contribution is 6.45. The van der Waals surface area contributed by atoms with Gasteiger partial charge in [-0.25, -0.2) is 0 Å². The van der Waals surface area contributed by atoms with Crippen molar-refractivity contribution in [2.24, 2.45) is 10.8 Å². The van der Waals surface area contributed by atoms with Crippen molar-refractivity contribution in [3.8, 4) is 6.07 Å². The van der Waals surface area contributed by atoms with Crippen molar-refractivity contribution in [3.05, 3.63) is 29.8 Å². The van der Waals surface area contributed by atoms with Crippen molar-refractivity contribution in [1.82, 2.24) is 5.32 Å². The van der Waals surface area contributed by atoms with Gasteiger partial charge in [0.15, 0.2) is 5.84 Å². The molecular formula is C12H14N6O2. The summed E-state index contributed by atoms with van der Waals surface area (Å²) >= 11 is 0. The topological polar surface area (TPSA) is 147 Å². The zero-order valence-electron chi connectivity index (χ0n) is 10.6. The van der Waals surface area contributed by atoms with E-state index in [1.807, 2.05) is 0 Å². The highest BCUT2D eigenvalue weighted by Crippen LogP contribution is 2.09. The van der Waals surface area contributed by atoms with E-state index < -0.39 is 5.84 Å². The van der Waals surface area contributed by atoms with E-state index in [0.29, 0.717) is 11.3 Å². The average Bonchev–Trinajstić information content (AvgIpc) is 2.45. The van der Waals surface area contributed by atoms with Crippen molar-refractivity contribution >= 4 is 23.1 Å². The second-order valence-corrected chi connectivity index (χ2v) is 3.65. The maximum absolute atomic E-state index is 11.6. The Hall–Kier alpha value is -2.92. The van der Waals surface area contributed by atoms with Crippen LogP contribution in [0, 0.1) is 16.7 Å². The molecule has 8 nitrogen and oxygen atoms in total. The predicted octanol–water partition coefficient (Wildman–Crippen LogP) is -0.364. The summed E-state index contributed by atoms with van der Waals surface area (Å²) in [5, 5.41) is 30.5. The lowest BCUT2D eigenvalue weighted by Crippen LogP contribution is -2.26. The Morgan fingerprint density at radius 1 is 1.45 bits per heavy atom. The van der Waals surface area contributed by atoms with Crippen LogP contribution in [0.15, 0.2) is 29.4 Å². The summed E-state index contributed by atoms with van der Waals surface area (Å²) < 4.78 is 0. The number of nitrogens with one attached hydrogen (secondary N) is 3. The Balaban J connectivity index is 2.70. The number of nitriles is 1. The van der Waals surface area contributed by atoms with Crippen molar-refractivity contribution in [2.45, 2.75) is 0 Å². The van der Waals surface area contributed by atoms with Gasteiger partial charge in [0.2, 0.25) is 5.71 Å². The van der Waals surface area contributed by atoms with E-state index in [4.69, 9.17) is 21.5 Å². The number of hydrogen-bond donors (Lipinski definition) is 5. The van der Waals surface area contributed by atoms with Gasteiger partial charge in [-0.3, -0.25) is 15.6 Å². The molecule has 1 aromatic carbocycles. The van der Waals surface area contributed by atoms with Gasteiger partial charge >= 0.3 is 0 Å². The Labute approximate surface area is 115 Å². The van der Waals surface area contributed by atoms with Gasteiger partial charge in [-0.1, -0.05) is 0 Å². The van der Waals surface area contributed by atoms with Gasteiger partial charge in [0.25, 0.3) is 5.91 Å². The number of hydrazone groups is 1. The van der Waals surface area contributed by atoms with Gasteiger partial charge in [0.1, 0.15) is 6.07 Å². The maximum Gasteiger partial charge on any atom is 0.251 e. The molecule has 0 saturated carbocycles. The van der Waals surface area contributed by atoms with Crippen LogP contribution in [-0.4, -0.2) is 35.7 Å². The molecule has 0 atom stereocenters. The van der Waals surface area contributed by atoms with E-state index in [2.05, 4.69) is 15.8 Å². The number of anilines is 1. The second kappa shape index (κ2) is 7.50. The third kappa shape index (κ3) is 4.40. The molecule has 0 aliphatic heterocycles. The molecule has 6 N–H and O–H groups in total. The molecular weight excluding hydrogens is 260 g/mol. The minimum atomic E-state index is -0.431. The number of aliphatic hydroxyl groups excluding tert-OH is 1. The Morgan fingerprint density at radius 3 is 2.60 bits per heavy atom. The number of carbonyl (C=O) groups is 1. The molecule has 0 heterocycles. The first kappa shape index (κ1) is 15.1. The fourth-order valence-corrected chi connectivity index (χ4v) is 1.23. The number of rotatable bonds is 6. The average molecular weight is 274 g/mol. The molecule has 104 valence electrons. The summed E-state index contributed by atoms with van der Waals surface area (Å²) in [6.45, 7) is 0.0648. The molecule has 1 amide bonds. The number of amides is 1. The molecule has 0 aliphatic carbocycles. The van der Waals surface area contributed by atoms with Crippen LogP contribution < -0.4 is 16.5 Å². The summed E-state index contributed by atoms with van der Waals surface area (Å²) in [6.07, 6.45) is 0. The van der Waals surface area contributed by atoms with E-state index >= 15 is 0 Å². The molecule has 0 fully saturated rings. The SMILES string of the molecule is N#C/C(=N\Nc1ccc(C(=O)NCCO)cc1)C(=N)N. The maximum atomic E-state index is 11.6. The lowest BCUT2D eigenvalue weighted by Gasteiger charge is -2.05. The Bertz CT molecular complexity index is 558. The number of aliphatic hydroxyl groups is 1. The molecule has 0 aromatic heterocycles. The summed E-state index contributed by atoms with van der Waals surface area (Å²) in [5.41, 5.74) is 8.44. The lowest BCUT2D eigenvalue weighted by atomic mass is 10.2. The van der Waals surface area contributed by atoms with E-state index in [0.717, 1.165) is 0 Å². The van der Waals surface area contributed by atoms with Crippen LogP contribution in [0.25, 0.3) is 0 Å². The van der Waals surface area contributed by atoms with Gasteiger partial charge in [0.05, 0.1) is 12.3 Å². The Kier molecular flexibility index (Phi) is 5.68. The van der Waals surface area contributed by atoms with E-state index in [1.54, 1.807) is 30.3 Å². The molecule has 8 heteroatoms. The summed E-state index contributed by atoms with van der Waals surface area (Å²) in [7, 11) is 0. The highest BCUT2D eigenvalue weighted by atomic mass is 16.3. The lowest BCUT2D eigenvalue weighted by molar-refractivity contribution is 0.0945. The molecule has 0 aliphatic rings. The van der Waals surface area contributed by atoms with Crippen LogP contribution in [0.3, 0.4) is 0 Å². The minimum absolute atomic E-state index is 0.123. The fourth-order valence-electron chi connectivity index (χ4n) is 1.23. The molecule has 1 rings (SSSR count). The predicted molar refractivity (Wildman–Crippen MR) is 74.4 cm³/mol. The van der Waals surface area contributed by atoms with Crippen molar-refractivity contribution in [1.29, 1.82) is 10.7 Å². The molecule has 0 spiro atoms. The van der Waals surface area contributed by atoms with Gasteiger partial charge in [-0.15, -0.1) is 0 Å². The van der Waals surface area contributed by atoms with Crippen molar-refractivity contribution < 1.29 is 9.90 Å². The van der Waals surface area contributed by atoms with Crippen molar-refractivity contribution in [3.63, 3.8) is 0 Å². The Morgan fingerprint density at radius 2 is 2.10 bits per heavy atom. The number of carbonyl (C=O) groups excluding carboxylic acids is 1. The molecule has 0 saturated heterocycles. The molecule has 0 bridgehead atoms. The first-order valence-electron chi connectivity index (χ1n) is 5.65. The number of hydrogen-bond acceptors (Lipinski definition) is 6. The van der Waals surface area contributed by atoms with E-state index in [-0.39, 0.29) is 24.8 Å². The quantitative estimate of drug-likeness (QED) is 0.273. The fraction of sp³-hybridized carbons (Fsp3) is 0.167. The third-order valence-corrected chi connectivity index (χ3v) is 2.20. The van der Waals surface area contributed by atoms with Gasteiger partial charge < -0.3 is 16.2 Å². The summed E-state index contributed by atoms with van der Waals surface area (Å²) in [5.74, 6) is -0.726. The third-order valence-electron chi connectivity index (χ3n) is 2.20. The number of benzene rings is 1. The largest absolute Gasteiger partial charge is 0.395 e. The van der Waals surface area contributed by atoms with Crippen LogP contribution in [0.4, 0.5) is 5.69 Å². The van der Waals surface area contributed by atoms with Crippen LogP contribution in [0.5, 0.6) is 0 Å². The van der Waals surface area contributed by atoms with E-state index in [1.165, 1.54) is 0 Å². The van der Waals surface area contributed by atoms with Crippen LogP contribution in [0.1, 0.15) is 10.4 Å². The molecule has 1 aromatic rings. The van der Waals surface area contributed by atoms with Crippen molar-refractivity contribution in [2.75, 3.05) is 18.6 Å². The second-order valence-electron chi connectivity index (χ2n) is 3.65. The standard InChI is InChI=1S/C12H14N6O2/c13-7-10(11(14)15)18-17-9-3-1-8(2-4-9)12(20)16-5-6-19/h1-4,17,19H,5-6H2,(H3,14,15)(H,16,20)/b18-10+. The normalized spacial score (nSPS) is 10.5. The van der Waals surface area contributed by atoms with Gasteiger partial charge in [0, 0.05) is 12.1 Å². The number of nitrogens with zero attached hydrogens (tertiary/aromatic N) is 2. The van der Waals surface area contributed by atoms with Crippen LogP contribution >= 0.6 is 0 Å². The smallest absolute Gasteiger partial charge is 0.251 e. The van der Waals surface area contributed by atoms with E-state index in [9.17, 15) is 4.79 Å². The first-order valence-corrected chi connectivity index (χ1v) is 5.65. The zero-order chi connectivity index (χ0) is 15.0. The summed E-state index contributed by atoms with van der Waals surface area (Å²) in [4.78, 5) is 11.6. The molecule has 20 heavy (non-hydrogen) atoms. The summed E-state index contributed by atoms with van der Waals surface area (Å²) in [6, 6.07) is 7.97. The minimum Gasteiger partial charge on any atom is -0.395 e. The van der Waals surface area contributed by atoms with Gasteiger partial charge in [-0.2, -0.15) is 10.4 Å². The molecule has 0 radical (unpaired) electrons. The van der Waals surface area contributed by atoms with Crippen LogP contribution in [0.2, 0.25) is 0 Å². The molecule has 0 unspecified atom stereocenters. The zero-order valence-corrected chi connectivity index (χ0v) is 10.6. The monoisotopic (exact) mass is 274 g/mol.